The monoisotopic (exact) mass is 691 g/mol. The molecular formula is C49H29N3O2. The molecule has 4 aromatic heterocycles. The Kier molecular flexibility index (Phi) is 5.99. The number of para-hydroxylation sites is 5. The molecule has 0 fully saturated rings. The highest BCUT2D eigenvalue weighted by atomic mass is 16.3. The van der Waals surface area contributed by atoms with E-state index in [-0.39, 0.29) is 0 Å². The van der Waals surface area contributed by atoms with Crippen LogP contribution < -0.4 is 0 Å². The molecule has 12 rings (SSSR count). The summed E-state index contributed by atoms with van der Waals surface area (Å²) in [5.74, 6) is 0.850. The molecule has 5 heteroatoms. The maximum absolute atomic E-state index is 6.57. The molecule has 0 radical (unpaired) electrons. The van der Waals surface area contributed by atoms with Gasteiger partial charge in [-0.3, -0.25) is 4.57 Å². The SMILES string of the molecule is c1ccc(-n2c3ccccc3c3cc(-c4ccc5oc6cccc(-c7nc8ccccc8n7-c7cccc8oc9ccccc9c78)c6c5c4)ccc32)cc1. The van der Waals surface area contributed by atoms with Crippen LogP contribution in [0, 0.1) is 0 Å². The van der Waals surface area contributed by atoms with Crippen molar-refractivity contribution in [3.8, 4) is 33.9 Å². The van der Waals surface area contributed by atoms with Gasteiger partial charge in [0.05, 0.1) is 33.1 Å². The Labute approximate surface area is 308 Å². The molecule has 0 saturated carbocycles. The molecule has 0 amide bonds. The molecule has 0 unspecified atom stereocenters. The van der Waals surface area contributed by atoms with Gasteiger partial charge in [-0.25, -0.2) is 4.98 Å². The first kappa shape index (κ1) is 29.2. The summed E-state index contributed by atoms with van der Waals surface area (Å²) < 4.78 is 17.5. The number of nitrogens with zero attached hydrogens (tertiary/aromatic N) is 3. The van der Waals surface area contributed by atoms with Gasteiger partial charge in [0.2, 0.25) is 0 Å². The van der Waals surface area contributed by atoms with Crippen LogP contribution in [0.4, 0.5) is 0 Å². The Bertz CT molecular complexity index is 3450. The third kappa shape index (κ3) is 4.12. The molecule has 0 bridgehead atoms. The van der Waals surface area contributed by atoms with Crippen molar-refractivity contribution in [2.24, 2.45) is 0 Å². The van der Waals surface area contributed by atoms with Gasteiger partial charge < -0.3 is 13.4 Å². The number of hydrogen-bond acceptors (Lipinski definition) is 3. The molecule has 0 saturated heterocycles. The van der Waals surface area contributed by atoms with Gasteiger partial charge in [-0.15, -0.1) is 0 Å². The summed E-state index contributed by atoms with van der Waals surface area (Å²) in [6.45, 7) is 0. The molecule has 0 aliphatic heterocycles. The Hall–Kier alpha value is -7.37. The van der Waals surface area contributed by atoms with E-state index in [1.54, 1.807) is 0 Å². The third-order valence-electron chi connectivity index (χ3n) is 10.9. The normalized spacial score (nSPS) is 12.1. The second-order valence-electron chi connectivity index (χ2n) is 13.9. The van der Waals surface area contributed by atoms with Crippen molar-refractivity contribution < 1.29 is 8.83 Å². The summed E-state index contributed by atoms with van der Waals surface area (Å²) in [5.41, 5.74) is 13.2. The highest BCUT2D eigenvalue weighted by molar-refractivity contribution is 6.15. The van der Waals surface area contributed by atoms with E-state index in [2.05, 4.69) is 161 Å². The molecule has 8 aromatic carbocycles. The average molecular weight is 692 g/mol. The number of rotatable bonds is 4. The quantitative estimate of drug-likeness (QED) is 0.185. The highest BCUT2D eigenvalue weighted by Gasteiger charge is 2.23. The van der Waals surface area contributed by atoms with Gasteiger partial charge in [0.25, 0.3) is 0 Å². The minimum Gasteiger partial charge on any atom is -0.456 e. The summed E-state index contributed by atoms with van der Waals surface area (Å²) in [6.07, 6.45) is 0. The molecule has 0 atom stereocenters. The van der Waals surface area contributed by atoms with Gasteiger partial charge in [0, 0.05) is 38.2 Å². The number of aromatic nitrogens is 3. The molecule has 0 spiro atoms. The van der Waals surface area contributed by atoms with Crippen molar-refractivity contribution in [1.29, 1.82) is 0 Å². The lowest BCUT2D eigenvalue weighted by Gasteiger charge is -2.12. The minimum absolute atomic E-state index is 0.826. The lowest BCUT2D eigenvalue weighted by molar-refractivity contribution is 0.668. The van der Waals surface area contributed by atoms with Crippen molar-refractivity contribution in [3.05, 3.63) is 176 Å². The number of fused-ring (bicyclic) bond motifs is 10. The van der Waals surface area contributed by atoms with Crippen molar-refractivity contribution in [2.45, 2.75) is 0 Å². The maximum atomic E-state index is 6.57. The fraction of sp³-hybridized carbons (Fsp3) is 0. The van der Waals surface area contributed by atoms with Gasteiger partial charge in [-0.05, 0) is 90.0 Å². The molecule has 0 aliphatic rings. The molecule has 12 aromatic rings. The number of furan rings is 2. The van der Waals surface area contributed by atoms with Gasteiger partial charge >= 0.3 is 0 Å². The molecule has 0 N–H and O–H groups in total. The Morgan fingerprint density at radius 1 is 0.389 bits per heavy atom. The van der Waals surface area contributed by atoms with Gasteiger partial charge in [-0.2, -0.15) is 0 Å². The van der Waals surface area contributed by atoms with Gasteiger partial charge in [0.15, 0.2) is 0 Å². The predicted octanol–water partition coefficient (Wildman–Crippen LogP) is 13.3. The second-order valence-corrected chi connectivity index (χ2v) is 13.9. The number of hydrogen-bond donors (Lipinski definition) is 0. The molecule has 0 aliphatic carbocycles. The van der Waals surface area contributed by atoms with Crippen LogP contribution in [0.1, 0.15) is 0 Å². The van der Waals surface area contributed by atoms with Gasteiger partial charge in [0.1, 0.15) is 28.2 Å². The first-order valence-corrected chi connectivity index (χ1v) is 18.2. The predicted molar refractivity (Wildman–Crippen MR) is 221 cm³/mol. The van der Waals surface area contributed by atoms with Crippen LogP contribution >= 0.6 is 0 Å². The summed E-state index contributed by atoms with van der Waals surface area (Å²) in [6, 6.07) is 61.8. The third-order valence-corrected chi connectivity index (χ3v) is 10.9. The lowest BCUT2D eigenvalue weighted by atomic mass is 9.99. The summed E-state index contributed by atoms with van der Waals surface area (Å²) in [7, 11) is 0. The summed E-state index contributed by atoms with van der Waals surface area (Å²) >= 11 is 0. The first-order valence-electron chi connectivity index (χ1n) is 18.2. The van der Waals surface area contributed by atoms with Crippen LogP contribution in [-0.4, -0.2) is 14.1 Å². The first-order chi connectivity index (χ1) is 26.8. The van der Waals surface area contributed by atoms with E-state index in [1.165, 1.54) is 21.8 Å². The van der Waals surface area contributed by atoms with Crippen molar-refractivity contribution in [1.82, 2.24) is 14.1 Å². The van der Waals surface area contributed by atoms with Crippen LogP contribution in [0.15, 0.2) is 185 Å². The van der Waals surface area contributed by atoms with Crippen molar-refractivity contribution in [3.63, 3.8) is 0 Å². The van der Waals surface area contributed by atoms with Crippen LogP contribution in [0.25, 0.3) is 111 Å². The number of imidazole rings is 1. The Balaban J connectivity index is 1.09. The smallest absolute Gasteiger partial charge is 0.146 e. The summed E-state index contributed by atoms with van der Waals surface area (Å²) in [4.78, 5) is 5.33. The van der Waals surface area contributed by atoms with E-state index in [0.29, 0.717) is 0 Å². The highest BCUT2D eigenvalue weighted by Crippen LogP contribution is 2.43. The molecule has 4 heterocycles. The topological polar surface area (TPSA) is 49.0 Å². The maximum Gasteiger partial charge on any atom is 0.146 e. The molecule has 252 valence electrons. The van der Waals surface area contributed by atoms with Crippen molar-refractivity contribution in [2.75, 3.05) is 0 Å². The molecular weight excluding hydrogens is 663 g/mol. The zero-order chi connectivity index (χ0) is 35.3. The zero-order valence-corrected chi connectivity index (χ0v) is 28.9. The average Bonchev–Trinajstić information content (AvgIpc) is 3.99. The van der Waals surface area contributed by atoms with E-state index in [1.807, 2.05) is 24.3 Å². The van der Waals surface area contributed by atoms with E-state index < -0.39 is 0 Å². The van der Waals surface area contributed by atoms with E-state index in [0.717, 1.165) is 88.8 Å². The standard InChI is InChI=1S/C49H29N3O2/c1-2-12-32(13-3-1)51-39-18-7-4-14-33(39)36-28-30(24-26-40(36)51)31-25-27-44-37(29-31)47-35(16-10-22-45(47)54-44)49-50-38-17-6-8-19-41(38)52(49)42-20-11-23-46-48(42)34-15-5-9-21-43(34)53-46/h1-29H. The van der Waals surface area contributed by atoms with Crippen LogP contribution in [0.3, 0.4) is 0 Å². The van der Waals surface area contributed by atoms with E-state index in [9.17, 15) is 0 Å². The molecule has 5 nitrogen and oxygen atoms in total. The van der Waals surface area contributed by atoms with Crippen LogP contribution in [0.5, 0.6) is 0 Å². The summed E-state index contributed by atoms with van der Waals surface area (Å²) in [5, 5.41) is 6.68. The van der Waals surface area contributed by atoms with Gasteiger partial charge in [-0.1, -0.05) is 97.1 Å². The minimum atomic E-state index is 0.826. The Morgan fingerprint density at radius 2 is 1.02 bits per heavy atom. The molecule has 54 heavy (non-hydrogen) atoms. The van der Waals surface area contributed by atoms with Crippen LogP contribution in [-0.2, 0) is 0 Å². The van der Waals surface area contributed by atoms with Crippen molar-refractivity contribution >= 4 is 76.7 Å². The van der Waals surface area contributed by atoms with E-state index >= 15 is 0 Å². The number of benzene rings is 8. The fourth-order valence-electron chi connectivity index (χ4n) is 8.59. The fourth-order valence-corrected chi connectivity index (χ4v) is 8.59. The second kappa shape index (κ2) is 11.1. The van der Waals surface area contributed by atoms with Crippen LogP contribution in [0.2, 0.25) is 0 Å². The van der Waals surface area contributed by atoms with E-state index in [4.69, 9.17) is 13.8 Å². The largest absolute Gasteiger partial charge is 0.456 e. The Morgan fingerprint density at radius 3 is 1.89 bits per heavy atom. The zero-order valence-electron chi connectivity index (χ0n) is 28.9. The lowest BCUT2D eigenvalue weighted by Crippen LogP contribution is -1.98.